The van der Waals surface area contributed by atoms with Crippen molar-refractivity contribution in [2.75, 3.05) is 32.6 Å². The highest BCUT2D eigenvalue weighted by molar-refractivity contribution is 7.97. The van der Waals surface area contributed by atoms with Crippen LogP contribution >= 0.6 is 11.8 Å². The average molecular weight is 469 g/mol. The number of carbonyl (C=O) groups excluding carboxylic acids is 1. The van der Waals surface area contributed by atoms with Crippen molar-refractivity contribution in [2.45, 2.75) is 12.7 Å². The van der Waals surface area contributed by atoms with Gasteiger partial charge in [-0.25, -0.2) is 9.18 Å². The van der Waals surface area contributed by atoms with Gasteiger partial charge in [0, 0.05) is 41.4 Å². The second-order valence-electron chi connectivity index (χ2n) is 7.91. The number of aromatic amines is 1. The molecule has 4 rings (SSSR count). The van der Waals surface area contributed by atoms with E-state index in [4.69, 9.17) is 4.74 Å². The van der Waals surface area contributed by atoms with E-state index in [9.17, 15) is 19.1 Å². The highest BCUT2D eigenvalue weighted by atomic mass is 32.2. The molecule has 1 aromatic heterocycles. The Labute approximate surface area is 195 Å². The molecule has 2 N–H and O–H groups in total. The number of hydrogen-bond donors (Lipinski definition) is 2. The Bertz CT molecular complexity index is 1240. The second kappa shape index (κ2) is 9.80. The highest BCUT2D eigenvalue weighted by Crippen LogP contribution is 2.36. The van der Waals surface area contributed by atoms with E-state index in [0.717, 1.165) is 5.56 Å². The topological polar surface area (TPSA) is 82.6 Å². The van der Waals surface area contributed by atoms with Crippen molar-refractivity contribution < 1.29 is 23.8 Å². The van der Waals surface area contributed by atoms with Crippen LogP contribution in [0.4, 0.5) is 4.39 Å². The fourth-order valence-electron chi connectivity index (χ4n) is 4.12. The molecule has 0 atom stereocenters. The van der Waals surface area contributed by atoms with Gasteiger partial charge < -0.3 is 19.7 Å². The molecule has 0 radical (unpaired) electrons. The standard InChI is InChI=1S/C25H25FN2O4S/c1-15(12-21(29)28-8-10-32-11-9-28)18-4-3-5-19-22(24(25(30)31)27-23(18)19)16-6-7-17(14-33-2)20(26)13-16/h3-7,12-13,27H,8-11,14H2,1-2H3,(H,30,31)/b15-12+. The van der Waals surface area contributed by atoms with Crippen LogP contribution in [0.15, 0.2) is 42.5 Å². The summed E-state index contributed by atoms with van der Waals surface area (Å²) in [4.78, 5) is 29.5. The Morgan fingerprint density at radius 3 is 2.67 bits per heavy atom. The minimum atomic E-state index is -1.13. The molecule has 0 aliphatic carbocycles. The molecule has 3 aromatic rings. The van der Waals surface area contributed by atoms with Crippen LogP contribution in [0.3, 0.4) is 0 Å². The normalized spacial score (nSPS) is 14.6. The Morgan fingerprint density at radius 2 is 2.00 bits per heavy atom. The lowest BCUT2D eigenvalue weighted by Gasteiger charge is -2.25. The number of aromatic carboxylic acids is 1. The number of benzene rings is 2. The van der Waals surface area contributed by atoms with Gasteiger partial charge >= 0.3 is 5.97 Å². The van der Waals surface area contributed by atoms with E-state index in [1.54, 1.807) is 23.1 Å². The van der Waals surface area contributed by atoms with Crippen molar-refractivity contribution in [3.8, 4) is 11.1 Å². The summed E-state index contributed by atoms with van der Waals surface area (Å²) in [6, 6.07) is 10.3. The monoisotopic (exact) mass is 468 g/mol. The molecule has 0 saturated carbocycles. The number of aromatic nitrogens is 1. The van der Waals surface area contributed by atoms with Crippen LogP contribution in [-0.2, 0) is 15.3 Å². The predicted molar refractivity (Wildman–Crippen MR) is 129 cm³/mol. The number of carboxylic acid groups (broad SMARTS) is 1. The SMILES string of the molecule is CSCc1ccc(-c2c(C(=O)O)[nH]c3c(/C(C)=C/C(=O)N4CCOCC4)cccc23)cc1F. The summed E-state index contributed by atoms with van der Waals surface area (Å²) in [5, 5.41) is 10.5. The number of allylic oxidation sites excluding steroid dienone is 1. The summed E-state index contributed by atoms with van der Waals surface area (Å²) in [5.41, 5.74) is 3.52. The summed E-state index contributed by atoms with van der Waals surface area (Å²) in [6.45, 7) is 3.94. The fraction of sp³-hybridized carbons (Fsp3) is 0.280. The van der Waals surface area contributed by atoms with Crippen molar-refractivity contribution in [3.05, 3.63) is 65.1 Å². The van der Waals surface area contributed by atoms with E-state index in [-0.39, 0.29) is 17.4 Å². The van der Waals surface area contributed by atoms with E-state index >= 15 is 0 Å². The first-order valence-corrected chi connectivity index (χ1v) is 12.0. The number of H-pyrrole nitrogens is 1. The molecule has 0 spiro atoms. The van der Waals surface area contributed by atoms with Gasteiger partial charge in [-0.05, 0) is 35.9 Å². The maximum Gasteiger partial charge on any atom is 0.352 e. The van der Waals surface area contributed by atoms with Crippen LogP contribution in [0.2, 0.25) is 0 Å². The number of nitrogens with zero attached hydrogens (tertiary/aromatic N) is 1. The molecule has 1 fully saturated rings. The van der Waals surface area contributed by atoms with Crippen LogP contribution in [0.1, 0.15) is 28.5 Å². The summed E-state index contributed by atoms with van der Waals surface area (Å²) in [7, 11) is 0. The number of nitrogens with one attached hydrogen (secondary N) is 1. The number of carboxylic acids is 1. The molecular formula is C25H25FN2O4S. The number of fused-ring (bicyclic) bond motifs is 1. The van der Waals surface area contributed by atoms with E-state index in [2.05, 4.69) is 4.98 Å². The summed E-state index contributed by atoms with van der Waals surface area (Å²) < 4.78 is 20.0. The van der Waals surface area contributed by atoms with Crippen LogP contribution in [0.25, 0.3) is 27.6 Å². The maximum absolute atomic E-state index is 14.7. The molecule has 33 heavy (non-hydrogen) atoms. The van der Waals surface area contributed by atoms with Gasteiger partial charge in [0.2, 0.25) is 5.91 Å². The van der Waals surface area contributed by atoms with Gasteiger partial charge in [-0.2, -0.15) is 11.8 Å². The van der Waals surface area contributed by atoms with Crippen LogP contribution < -0.4 is 0 Å². The van der Waals surface area contributed by atoms with Gasteiger partial charge in [0.25, 0.3) is 0 Å². The second-order valence-corrected chi connectivity index (χ2v) is 8.78. The van der Waals surface area contributed by atoms with Crippen LogP contribution in [0, 0.1) is 5.82 Å². The Hall–Kier alpha value is -3.10. The Kier molecular flexibility index (Phi) is 6.85. The lowest BCUT2D eigenvalue weighted by atomic mass is 9.97. The van der Waals surface area contributed by atoms with Gasteiger partial charge in [0.05, 0.1) is 18.7 Å². The predicted octanol–water partition coefficient (Wildman–Crippen LogP) is 4.80. The van der Waals surface area contributed by atoms with E-state index in [1.165, 1.54) is 17.8 Å². The van der Waals surface area contributed by atoms with Gasteiger partial charge in [0.1, 0.15) is 11.5 Å². The molecule has 8 heteroatoms. The van der Waals surface area contributed by atoms with Crippen molar-refractivity contribution in [2.24, 2.45) is 0 Å². The largest absolute Gasteiger partial charge is 0.477 e. The first-order chi connectivity index (χ1) is 15.9. The van der Waals surface area contributed by atoms with E-state index in [1.807, 2.05) is 31.4 Å². The molecule has 172 valence electrons. The number of carbonyl (C=O) groups is 2. The number of halogens is 1. The molecule has 1 amide bonds. The van der Waals surface area contributed by atoms with Crippen molar-refractivity contribution in [3.63, 3.8) is 0 Å². The first kappa shape index (κ1) is 23.1. The minimum absolute atomic E-state index is 0.0122. The molecule has 6 nitrogen and oxygen atoms in total. The molecule has 1 aliphatic heterocycles. The summed E-state index contributed by atoms with van der Waals surface area (Å²) in [6.07, 6.45) is 3.47. The number of ether oxygens (including phenoxy) is 1. The molecule has 2 aromatic carbocycles. The highest BCUT2D eigenvalue weighted by Gasteiger charge is 2.22. The number of para-hydroxylation sites is 1. The average Bonchev–Trinajstić information content (AvgIpc) is 3.21. The number of hydrogen-bond acceptors (Lipinski definition) is 4. The maximum atomic E-state index is 14.7. The van der Waals surface area contributed by atoms with Crippen molar-refractivity contribution in [1.82, 2.24) is 9.88 Å². The van der Waals surface area contributed by atoms with Gasteiger partial charge in [-0.1, -0.05) is 30.3 Å². The van der Waals surface area contributed by atoms with Crippen molar-refractivity contribution >= 4 is 40.1 Å². The lowest BCUT2D eigenvalue weighted by Crippen LogP contribution is -2.39. The Balaban J connectivity index is 1.80. The van der Waals surface area contributed by atoms with Crippen LogP contribution in [0.5, 0.6) is 0 Å². The molecular weight excluding hydrogens is 443 g/mol. The molecule has 2 heterocycles. The van der Waals surface area contributed by atoms with Crippen LogP contribution in [-0.4, -0.2) is 59.4 Å². The molecule has 1 aliphatic rings. The lowest BCUT2D eigenvalue weighted by molar-refractivity contribution is -0.129. The van der Waals surface area contributed by atoms with E-state index < -0.39 is 5.97 Å². The third kappa shape index (κ3) is 4.67. The summed E-state index contributed by atoms with van der Waals surface area (Å²) >= 11 is 1.52. The van der Waals surface area contributed by atoms with Gasteiger partial charge in [-0.15, -0.1) is 0 Å². The third-order valence-electron chi connectivity index (χ3n) is 5.78. The van der Waals surface area contributed by atoms with Gasteiger partial charge in [-0.3, -0.25) is 4.79 Å². The Morgan fingerprint density at radius 1 is 1.24 bits per heavy atom. The number of morpholine rings is 1. The zero-order chi connectivity index (χ0) is 23.5. The zero-order valence-electron chi connectivity index (χ0n) is 18.5. The number of rotatable bonds is 6. The first-order valence-electron chi connectivity index (χ1n) is 10.6. The minimum Gasteiger partial charge on any atom is -0.477 e. The number of thioether (sulfide) groups is 1. The van der Waals surface area contributed by atoms with Gasteiger partial charge in [0.15, 0.2) is 0 Å². The summed E-state index contributed by atoms with van der Waals surface area (Å²) in [5.74, 6) is -1.07. The third-order valence-corrected chi connectivity index (χ3v) is 6.38. The number of amides is 1. The zero-order valence-corrected chi connectivity index (χ0v) is 19.3. The fourth-order valence-corrected chi connectivity index (χ4v) is 4.66. The molecule has 1 saturated heterocycles. The van der Waals surface area contributed by atoms with Crippen molar-refractivity contribution in [1.29, 1.82) is 0 Å². The van der Waals surface area contributed by atoms with E-state index in [0.29, 0.717) is 65.2 Å². The molecule has 0 bridgehead atoms. The smallest absolute Gasteiger partial charge is 0.352 e. The quantitative estimate of drug-likeness (QED) is 0.508. The molecule has 0 unspecified atom stereocenters.